The Balaban J connectivity index is 1.20. The summed E-state index contributed by atoms with van der Waals surface area (Å²) in [5.74, 6) is 0.00979. The van der Waals surface area contributed by atoms with Crippen molar-refractivity contribution in [1.82, 2.24) is 10.2 Å². The highest BCUT2D eigenvalue weighted by Gasteiger charge is 2.28. The molecule has 7 nitrogen and oxygen atoms in total. The molecule has 0 bridgehead atoms. The van der Waals surface area contributed by atoms with E-state index in [-0.39, 0.29) is 11.7 Å². The average molecular weight is 457 g/mol. The second-order valence-corrected chi connectivity index (χ2v) is 10.6. The topological polar surface area (TPSA) is 73.0 Å². The first-order chi connectivity index (χ1) is 15.4. The Bertz CT molecular complexity index is 1050. The standard InChI is InChI=1S/C24H32N4O3S/c1-20-6-2-8-22(18-20)27-15-13-26(14-16-27)11-4-10-25-24(29)21-7-3-9-23(19-21)28-12-5-17-32(28,30)31/h2-3,6-9,18-19H,4-5,10-17H2,1H3,(H,25,29). The fraction of sp³-hybridized carbons (Fsp3) is 0.458. The zero-order valence-corrected chi connectivity index (χ0v) is 19.5. The number of nitrogens with zero attached hydrogens (tertiary/aromatic N) is 3. The molecule has 0 aliphatic carbocycles. The summed E-state index contributed by atoms with van der Waals surface area (Å²) in [6.45, 7) is 8.23. The first kappa shape index (κ1) is 22.6. The van der Waals surface area contributed by atoms with E-state index >= 15 is 0 Å². The largest absolute Gasteiger partial charge is 0.369 e. The van der Waals surface area contributed by atoms with Gasteiger partial charge in [-0.15, -0.1) is 0 Å². The number of carbonyl (C=O) groups excluding carboxylic acids is 1. The van der Waals surface area contributed by atoms with E-state index in [1.165, 1.54) is 15.6 Å². The lowest BCUT2D eigenvalue weighted by Gasteiger charge is -2.36. The Labute approximate surface area is 191 Å². The van der Waals surface area contributed by atoms with Crippen molar-refractivity contribution >= 4 is 27.3 Å². The third-order valence-electron chi connectivity index (χ3n) is 6.17. The SMILES string of the molecule is Cc1cccc(N2CCN(CCCNC(=O)c3cccc(N4CCCS4(=O)=O)c3)CC2)c1. The summed E-state index contributed by atoms with van der Waals surface area (Å²) < 4.78 is 25.7. The van der Waals surface area contributed by atoms with Crippen LogP contribution in [0, 0.1) is 6.92 Å². The number of amides is 1. The van der Waals surface area contributed by atoms with Crippen LogP contribution in [0.1, 0.15) is 28.8 Å². The van der Waals surface area contributed by atoms with Gasteiger partial charge in [-0.25, -0.2) is 8.42 Å². The van der Waals surface area contributed by atoms with Crippen LogP contribution >= 0.6 is 0 Å². The van der Waals surface area contributed by atoms with E-state index in [0.717, 1.165) is 39.1 Å². The Morgan fingerprint density at radius 2 is 1.72 bits per heavy atom. The Kier molecular flexibility index (Phi) is 7.01. The predicted octanol–water partition coefficient (Wildman–Crippen LogP) is 2.48. The lowest BCUT2D eigenvalue weighted by atomic mass is 10.2. The molecular weight excluding hydrogens is 424 g/mol. The van der Waals surface area contributed by atoms with Crippen LogP contribution in [0.4, 0.5) is 11.4 Å². The van der Waals surface area contributed by atoms with Gasteiger partial charge in [0.05, 0.1) is 11.4 Å². The molecule has 0 unspecified atom stereocenters. The first-order valence-corrected chi connectivity index (χ1v) is 13.0. The molecular formula is C24H32N4O3S. The summed E-state index contributed by atoms with van der Waals surface area (Å²) in [5, 5.41) is 2.97. The minimum atomic E-state index is -3.25. The minimum Gasteiger partial charge on any atom is -0.369 e. The number of hydrogen-bond donors (Lipinski definition) is 1. The maximum Gasteiger partial charge on any atom is 0.251 e. The van der Waals surface area contributed by atoms with Gasteiger partial charge < -0.3 is 10.2 Å². The maximum atomic E-state index is 12.6. The molecule has 1 amide bonds. The van der Waals surface area contributed by atoms with Crippen LogP contribution in [-0.4, -0.2) is 70.8 Å². The van der Waals surface area contributed by atoms with Crippen molar-refractivity contribution in [3.05, 3.63) is 59.7 Å². The summed E-state index contributed by atoms with van der Waals surface area (Å²) in [5.41, 5.74) is 3.65. The van der Waals surface area contributed by atoms with Crippen molar-refractivity contribution in [1.29, 1.82) is 0 Å². The molecule has 2 aliphatic rings. The molecule has 0 spiro atoms. The normalized spacial score (nSPS) is 18.7. The molecule has 172 valence electrons. The molecule has 2 saturated heterocycles. The number of aryl methyl sites for hydroxylation is 1. The Hall–Kier alpha value is -2.58. The van der Waals surface area contributed by atoms with Crippen molar-refractivity contribution in [2.75, 3.05) is 60.8 Å². The van der Waals surface area contributed by atoms with Crippen molar-refractivity contribution in [3.63, 3.8) is 0 Å². The third kappa shape index (κ3) is 5.42. The first-order valence-electron chi connectivity index (χ1n) is 11.3. The van der Waals surface area contributed by atoms with Crippen molar-refractivity contribution in [2.45, 2.75) is 19.8 Å². The third-order valence-corrected chi connectivity index (χ3v) is 8.04. The molecule has 8 heteroatoms. The molecule has 4 rings (SSSR count). The van der Waals surface area contributed by atoms with Crippen LogP contribution in [0.5, 0.6) is 0 Å². The molecule has 2 aromatic carbocycles. The smallest absolute Gasteiger partial charge is 0.251 e. The quantitative estimate of drug-likeness (QED) is 0.648. The highest BCUT2D eigenvalue weighted by molar-refractivity contribution is 7.93. The zero-order chi connectivity index (χ0) is 22.6. The number of hydrogen-bond acceptors (Lipinski definition) is 5. The molecule has 0 radical (unpaired) electrons. The molecule has 2 aromatic rings. The second kappa shape index (κ2) is 9.92. The van der Waals surface area contributed by atoms with Crippen LogP contribution in [-0.2, 0) is 10.0 Å². The number of anilines is 2. The fourth-order valence-electron chi connectivity index (χ4n) is 4.39. The van der Waals surface area contributed by atoms with Crippen LogP contribution in [0.25, 0.3) is 0 Å². The minimum absolute atomic E-state index is 0.160. The number of carbonyl (C=O) groups is 1. The molecule has 0 aromatic heterocycles. The lowest BCUT2D eigenvalue weighted by Crippen LogP contribution is -2.47. The van der Waals surface area contributed by atoms with Gasteiger partial charge >= 0.3 is 0 Å². The molecule has 32 heavy (non-hydrogen) atoms. The number of rotatable bonds is 7. The average Bonchev–Trinajstić information content (AvgIpc) is 3.16. The monoisotopic (exact) mass is 456 g/mol. The van der Waals surface area contributed by atoms with Gasteiger partial charge in [0, 0.05) is 50.5 Å². The van der Waals surface area contributed by atoms with Gasteiger partial charge in [-0.3, -0.25) is 14.0 Å². The fourth-order valence-corrected chi connectivity index (χ4v) is 5.95. The Morgan fingerprint density at radius 1 is 0.969 bits per heavy atom. The maximum absolute atomic E-state index is 12.6. The Morgan fingerprint density at radius 3 is 2.44 bits per heavy atom. The molecule has 2 aliphatic heterocycles. The highest BCUT2D eigenvalue weighted by Crippen LogP contribution is 2.24. The number of benzene rings is 2. The number of nitrogens with one attached hydrogen (secondary N) is 1. The van der Waals surface area contributed by atoms with E-state index in [4.69, 9.17) is 0 Å². The van der Waals surface area contributed by atoms with E-state index in [0.29, 0.717) is 30.8 Å². The molecule has 2 heterocycles. The van der Waals surface area contributed by atoms with Gasteiger partial charge in [-0.1, -0.05) is 18.2 Å². The van der Waals surface area contributed by atoms with Crippen LogP contribution in [0.2, 0.25) is 0 Å². The van der Waals surface area contributed by atoms with Gasteiger partial charge in [0.15, 0.2) is 0 Å². The molecule has 0 atom stereocenters. The van der Waals surface area contributed by atoms with E-state index in [1.807, 2.05) is 0 Å². The van der Waals surface area contributed by atoms with Crippen molar-refractivity contribution in [3.8, 4) is 0 Å². The number of sulfonamides is 1. The van der Waals surface area contributed by atoms with Crippen LogP contribution in [0.15, 0.2) is 48.5 Å². The summed E-state index contributed by atoms with van der Waals surface area (Å²) in [4.78, 5) is 17.4. The zero-order valence-electron chi connectivity index (χ0n) is 18.7. The molecule has 0 saturated carbocycles. The van der Waals surface area contributed by atoms with Gasteiger partial charge in [0.25, 0.3) is 5.91 Å². The van der Waals surface area contributed by atoms with E-state index < -0.39 is 10.0 Å². The number of piperazine rings is 1. The van der Waals surface area contributed by atoms with Crippen LogP contribution in [0.3, 0.4) is 0 Å². The van der Waals surface area contributed by atoms with Gasteiger partial charge in [0.2, 0.25) is 10.0 Å². The molecule has 2 fully saturated rings. The van der Waals surface area contributed by atoms with Gasteiger partial charge in [-0.2, -0.15) is 0 Å². The second-order valence-electron chi connectivity index (χ2n) is 8.57. The summed E-state index contributed by atoms with van der Waals surface area (Å²) in [6, 6.07) is 15.5. The summed E-state index contributed by atoms with van der Waals surface area (Å²) >= 11 is 0. The van der Waals surface area contributed by atoms with Crippen LogP contribution < -0.4 is 14.5 Å². The lowest BCUT2D eigenvalue weighted by molar-refractivity contribution is 0.0951. The van der Waals surface area contributed by atoms with E-state index in [9.17, 15) is 13.2 Å². The molecule has 1 N–H and O–H groups in total. The van der Waals surface area contributed by atoms with Gasteiger partial charge in [-0.05, 0) is 62.2 Å². The van der Waals surface area contributed by atoms with Gasteiger partial charge in [0.1, 0.15) is 0 Å². The highest BCUT2D eigenvalue weighted by atomic mass is 32.2. The summed E-state index contributed by atoms with van der Waals surface area (Å²) in [7, 11) is -3.25. The summed E-state index contributed by atoms with van der Waals surface area (Å²) in [6.07, 6.45) is 1.51. The predicted molar refractivity (Wildman–Crippen MR) is 129 cm³/mol. The van der Waals surface area contributed by atoms with Crippen molar-refractivity contribution < 1.29 is 13.2 Å². The van der Waals surface area contributed by atoms with E-state index in [2.05, 4.69) is 46.3 Å². The van der Waals surface area contributed by atoms with E-state index in [1.54, 1.807) is 24.3 Å². The van der Waals surface area contributed by atoms with Crippen molar-refractivity contribution in [2.24, 2.45) is 0 Å².